The number of fused-ring (bicyclic) bond motifs is 1. The lowest BCUT2D eigenvalue weighted by atomic mass is 9.80. The maximum atomic E-state index is 11.8. The second-order valence-corrected chi connectivity index (χ2v) is 5.72. The van der Waals surface area contributed by atoms with Gasteiger partial charge in [-0.2, -0.15) is 0 Å². The number of carbonyl (C=O) groups excluding carboxylic acids is 1. The summed E-state index contributed by atoms with van der Waals surface area (Å²) in [5, 5.41) is 12.8. The van der Waals surface area contributed by atoms with Crippen LogP contribution >= 0.6 is 0 Å². The highest BCUT2D eigenvalue weighted by Crippen LogP contribution is 2.54. The van der Waals surface area contributed by atoms with Crippen LogP contribution in [0.15, 0.2) is 0 Å². The minimum atomic E-state index is -0.572. The average Bonchev–Trinajstić information content (AvgIpc) is 2.79. The van der Waals surface area contributed by atoms with E-state index in [1.54, 1.807) is 0 Å². The Balaban J connectivity index is 1.45. The third kappa shape index (κ3) is 1.78. The zero-order valence-electron chi connectivity index (χ0n) is 9.04. The highest BCUT2D eigenvalue weighted by Gasteiger charge is 2.48. The van der Waals surface area contributed by atoms with Crippen LogP contribution in [0.3, 0.4) is 0 Å². The second-order valence-electron chi connectivity index (χ2n) is 5.72. The number of rotatable bonds is 3. The van der Waals surface area contributed by atoms with E-state index in [1.807, 2.05) is 0 Å². The van der Waals surface area contributed by atoms with Crippen molar-refractivity contribution in [2.75, 3.05) is 6.54 Å². The molecule has 0 aliphatic heterocycles. The lowest BCUT2D eigenvalue weighted by Crippen LogP contribution is -2.48. The monoisotopic (exact) mass is 209 g/mol. The fourth-order valence-electron chi connectivity index (χ4n) is 3.09. The molecule has 0 aromatic rings. The van der Waals surface area contributed by atoms with E-state index >= 15 is 0 Å². The number of nitrogens with one attached hydrogen (secondary N) is 1. The van der Waals surface area contributed by atoms with Gasteiger partial charge in [0.05, 0.1) is 5.60 Å². The van der Waals surface area contributed by atoms with Gasteiger partial charge in [0.25, 0.3) is 0 Å². The molecule has 0 bridgehead atoms. The summed E-state index contributed by atoms with van der Waals surface area (Å²) in [4.78, 5) is 11.8. The lowest BCUT2D eigenvalue weighted by molar-refractivity contribution is -0.127. The minimum absolute atomic E-state index is 0.183. The van der Waals surface area contributed by atoms with Gasteiger partial charge < -0.3 is 10.4 Å². The Bertz CT molecular complexity index is 275. The van der Waals surface area contributed by atoms with Gasteiger partial charge in [-0.1, -0.05) is 0 Å². The molecule has 1 amide bonds. The molecule has 3 aliphatic carbocycles. The zero-order valence-corrected chi connectivity index (χ0v) is 9.04. The molecule has 0 spiro atoms. The van der Waals surface area contributed by atoms with Crippen LogP contribution in [0, 0.1) is 17.8 Å². The van der Waals surface area contributed by atoms with Crippen molar-refractivity contribution in [1.29, 1.82) is 0 Å². The fourth-order valence-corrected chi connectivity index (χ4v) is 3.09. The number of hydrogen-bond donors (Lipinski definition) is 2. The van der Waals surface area contributed by atoms with E-state index in [0.29, 0.717) is 6.54 Å². The molecule has 3 heteroatoms. The van der Waals surface area contributed by atoms with Crippen molar-refractivity contribution in [2.45, 2.75) is 44.1 Å². The Morgan fingerprint density at radius 3 is 2.47 bits per heavy atom. The van der Waals surface area contributed by atoms with Gasteiger partial charge in [-0.3, -0.25) is 4.79 Å². The molecule has 3 rings (SSSR count). The van der Waals surface area contributed by atoms with Gasteiger partial charge in [0.2, 0.25) is 5.91 Å². The maximum Gasteiger partial charge on any atom is 0.223 e. The van der Waals surface area contributed by atoms with Crippen LogP contribution < -0.4 is 5.32 Å². The molecule has 3 nitrogen and oxygen atoms in total. The third-order valence-electron chi connectivity index (χ3n) is 4.49. The Morgan fingerprint density at radius 1 is 1.27 bits per heavy atom. The van der Waals surface area contributed by atoms with E-state index in [1.165, 1.54) is 6.42 Å². The lowest BCUT2D eigenvalue weighted by Gasteiger charge is -2.36. The smallest absolute Gasteiger partial charge is 0.223 e. The maximum absolute atomic E-state index is 11.8. The van der Waals surface area contributed by atoms with Crippen LogP contribution in [0.1, 0.15) is 38.5 Å². The molecular formula is C12H19NO2. The molecule has 0 aromatic carbocycles. The first-order valence-electron chi connectivity index (χ1n) is 6.16. The van der Waals surface area contributed by atoms with E-state index in [4.69, 9.17) is 0 Å². The van der Waals surface area contributed by atoms with Gasteiger partial charge in [0.15, 0.2) is 0 Å². The molecular weight excluding hydrogens is 190 g/mol. The summed E-state index contributed by atoms with van der Waals surface area (Å²) in [6.45, 7) is 0.470. The third-order valence-corrected chi connectivity index (χ3v) is 4.49. The molecule has 0 saturated heterocycles. The molecule has 0 radical (unpaired) electrons. The summed E-state index contributed by atoms with van der Waals surface area (Å²) < 4.78 is 0. The SMILES string of the molecule is O=C(NCC1(O)CCC1)C1CC2CC2C1. The van der Waals surface area contributed by atoms with E-state index in [-0.39, 0.29) is 11.8 Å². The van der Waals surface area contributed by atoms with Crippen LogP contribution in [0.25, 0.3) is 0 Å². The van der Waals surface area contributed by atoms with Gasteiger partial charge >= 0.3 is 0 Å². The molecule has 0 heterocycles. The van der Waals surface area contributed by atoms with Crippen molar-refractivity contribution in [2.24, 2.45) is 17.8 Å². The van der Waals surface area contributed by atoms with Crippen molar-refractivity contribution >= 4 is 5.91 Å². The topological polar surface area (TPSA) is 49.3 Å². The Hall–Kier alpha value is -0.570. The molecule has 0 aromatic heterocycles. The minimum Gasteiger partial charge on any atom is -0.388 e. The molecule has 84 valence electrons. The summed E-state index contributed by atoms with van der Waals surface area (Å²) in [5.41, 5.74) is -0.572. The number of amides is 1. The summed E-state index contributed by atoms with van der Waals surface area (Å²) >= 11 is 0. The van der Waals surface area contributed by atoms with Crippen LogP contribution in [0.4, 0.5) is 0 Å². The fraction of sp³-hybridized carbons (Fsp3) is 0.917. The number of carbonyl (C=O) groups is 1. The summed E-state index contributed by atoms with van der Waals surface area (Å²) in [5.74, 6) is 2.14. The molecule has 3 fully saturated rings. The van der Waals surface area contributed by atoms with Crippen LogP contribution in [0.2, 0.25) is 0 Å². The molecule has 3 saturated carbocycles. The first kappa shape index (κ1) is 9.64. The molecule has 3 aliphatic rings. The van der Waals surface area contributed by atoms with Crippen LogP contribution in [-0.4, -0.2) is 23.2 Å². The van der Waals surface area contributed by atoms with E-state index in [9.17, 15) is 9.90 Å². The molecule has 2 N–H and O–H groups in total. The Labute approximate surface area is 90.2 Å². The first-order valence-corrected chi connectivity index (χ1v) is 6.16. The summed E-state index contributed by atoms with van der Waals surface area (Å²) in [6, 6.07) is 0. The zero-order chi connectivity index (χ0) is 10.5. The predicted octanol–water partition coefficient (Wildman–Crippen LogP) is 1.06. The van der Waals surface area contributed by atoms with E-state index in [0.717, 1.165) is 43.9 Å². The van der Waals surface area contributed by atoms with Crippen molar-refractivity contribution in [3.05, 3.63) is 0 Å². The summed E-state index contributed by atoms with van der Waals surface area (Å²) in [7, 11) is 0. The van der Waals surface area contributed by atoms with Crippen molar-refractivity contribution < 1.29 is 9.90 Å². The van der Waals surface area contributed by atoms with Crippen LogP contribution in [0.5, 0.6) is 0 Å². The quantitative estimate of drug-likeness (QED) is 0.730. The van der Waals surface area contributed by atoms with Gasteiger partial charge in [-0.25, -0.2) is 0 Å². The molecule has 15 heavy (non-hydrogen) atoms. The molecule has 2 unspecified atom stereocenters. The Kier molecular flexibility index (Phi) is 2.06. The normalized spacial score (nSPS) is 40.5. The standard InChI is InChI=1S/C12H19NO2/c14-11(10-5-8-4-9(8)6-10)13-7-12(15)2-1-3-12/h8-10,15H,1-7H2,(H,13,14). The van der Waals surface area contributed by atoms with Crippen molar-refractivity contribution in [3.8, 4) is 0 Å². The predicted molar refractivity (Wildman–Crippen MR) is 56.1 cm³/mol. The highest BCUT2D eigenvalue weighted by atomic mass is 16.3. The highest BCUT2D eigenvalue weighted by molar-refractivity contribution is 5.79. The number of aliphatic hydroxyl groups is 1. The second kappa shape index (κ2) is 3.21. The van der Waals surface area contributed by atoms with Crippen molar-refractivity contribution in [3.63, 3.8) is 0 Å². The number of hydrogen-bond acceptors (Lipinski definition) is 2. The largest absolute Gasteiger partial charge is 0.388 e. The van der Waals surface area contributed by atoms with Crippen molar-refractivity contribution in [1.82, 2.24) is 5.32 Å². The van der Waals surface area contributed by atoms with E-state index in [2.05, 4.69) is 5.32 Å². The average molecular weight is 209 g/mol. The molecule has 2 atom stereocenters. The summed E-state index contributed by atoms with van der Waals surface area (Å²) in [6.07, 6.45) is 6.34. The Morgan fingerprint density at radius 2 is 1.93 bits per heavy atom. The van der Waals surface area contributed by atoms with Crippen LogP contribution in [-0.2, 0) is 4.79 Å². The van der Waals surface area contributed by atoms with E-state index < -0.39 is 5.60 Å². The van der Waals surface area contributed by atoms with Gasteiger partial charge in [-0.05, 0) is 50.4 Å². The van der Waals surface area contributed by atoms with Gasteiger partial charge in [0, 0.05) is 12.5 Å². The van der Waals surface area contributed by atoms with Gasteiger partial charge in [-0.15, -0.1) is 0 Å². The van der Waals surface area contributed by atoms with Gasteiger partial charge in [0.1, 0.15) is 0 Å². The first-order chi connectivity index (χ1) is 7.16.